The Labute approximate surface area is 183 Å². The third-order valence-electron chi connectivity index (χ3n) is 5.60. The number of nitrogens with zero attached hydrogens (tertiary/aromatic N) is 2. The fraction of sp³-hybridized carbons (Fsp3) is 0.167. The molecule has 7 nitrogen and oxygen atoms in total. The largest absolute Gasteiger partial charge is 0.454 e. The van der Waals surface area contributed by atoms with Crippen LogP contribution in [0.4, 0.5) is 9.18 Å². The Morgan fingerprint density at radius 1 is 1.03 bits per heavy atom. The van der Waals surface area contributed by atoms with Crippen molar-refractivity contribution in [3.05, 3.63) is 82.6 Å². The zero-order valence-electron chi connectivity index (χ0n) is 17.5. The highest BCUT2D eigenvalue weighted by Gasteiger charge is 2.33. The summed E-state index contributed by atoms with van der Waals surface area (Å²) in [4.78, 5) is 26.4. The number of rotatable bonds is 4. The first-order valence-electron chi connectivity index (χ1n) is 10.1. The molecule has 1 N–H and O–H groups in total. The monoisotopic (exact) mass is 433 g/mol. The Balaban J connectivity index is 1.43. The maximum Gasteiger partial charge on any atom is 0.329 e. The topological polar surface area (TPSA) is 72.8 Å². The van der Waals surface area contributed by atoms with Crippen LogP contribution in [0.1, 0.15) is 22.5 Å². The average Bonchev–Trinajstić information content (AvgIpc) is 3.42. The van der Waals surface area contributed by atoms with Gasteiger partial charge in [0.1, 0.15) is 11.5 Å². The zero-order valence-corrected chi connectivity index (χ0v) is 17.5. The third-order valence-corrected chi connectivity index (χ3v) is 5.60. The normalized spacial score (nSPS) is 16.2. The highest BCUT2D eigenvalue weighted by atomic mass is 19.1. The highest BCUT2D eigenvalue weighted by Crippen LogP contribution is 2.35. The minimum atomic E-state index is -0.504. The first-order valence-corrected chi connectivity index (χ1v) is 10.1. The Bertz CT molecular complexity index is 1280. The number of urea groups is 1. The lowest BCUT2D eigenvalue weighted by molar-refractivity contribution is -0.123. The average molecular weight is 433 g/mol. The van der Waals surface area contributed by atoms with Gasteiger partial charge in [-0.15, -0.1) is 0 Å². The van der Waals surface area contributed by atoms with Crippen molar-refractivity contribution in [1.29, 1.82) is 0 Å². The highest BCUT2D eigenvalue weighted by molar-refractivity contribution is 6.14. The smallest absolute Gasteiger partial charge is 0.329 e. The van der Waals surface area contributed by atoms with Gasteiger partial charge in [-0.2, -0.15) is 0 Å². The van der Waals surface area contributed by atoms with Gasteiger partial charge in [-0.3, -0.25) is 9.69 Å². The SMILES string of the molecule is Cc1cc(/C=C2/NC(=O)N(Cc3ccc(F)cc3)C2=O)c(C)n1-c1ccc2c(c1)OCO2. The van der Waals surface area contributed by atoms with Gasteiger partial charge in [0.15, 0.2) is 11.5 Å². The summed E-state index contributed by atoms with van der Waals surface area (Å²) in [6.45, 7) is 4.19. The molecule has 0 bridgehead atoms. The molecule has 2 aliphatic heterocycles. The van der Waals surface area contributed by atoms with Crippen LogP contribution in [0, 0.1) is 19.7 Å². The van der Waals surface area contributed by atoms with Gasteiger partial charge in [0.05, 0.1) is 6.54 Å². The molecule has 162 valence electrons. The maximum absolute atomic E-state index is 13.1. The first kappa shape index (κ1) is 19.9. The van der Waals surface area contributed by atoms with Crippen molar-refractivity contribution >= 4 is 18.0 Å². The quantitative estimate of drug-likeness (QED) is 0.498. The van der Waals surface area contributed by atoms with Crippen molar-refractivity contribution in [2.75, 3.05) is 6.79 Å². The van der Waals surface area contributed by atoms with Crippen LogP contribution in [0.2, 0.25) is 0 Å². The number of aryl methyl sites for hydroxylation is 1. The number of imide groups is 1. The lowest BCUT2D eigenvalue weighted by atomic mass is 10.2. The molecule has 1 fully saturated rings. The molecule has 2 aromatic carbocycles. The number of carbonyl (C=O) groups excluding carboxylic acids is 2. The number of hydrogen-bond donors (Lipinski definition) is 1. The van der Waals surface area contributed by atoms with E-state index >= 15 is 0 Å². The zero-order chi connectivity index (χ0) is 22.4. The van der Waals surface area contributed by atoms with E-state index in [1.54, 1.807) is 18.2 Å². The summed E-state index contributed by atoms with van der Waals surface area (Å²) in [6, 6.07) is 12.9. The van der Waals surface area contributed by atoms with Gasteiger partial charge in [-0.1, -0.05) is 12.1 Å². The van der Waals surface area contributed by atoms with Crippen molar-refractivity contribution in [2.24, 2.45) is 0 Å². The van der Waals surface area contributed by atoms with Crippen LogP contribution in [-0.2, 0) is 11.3 Å². The van der Waals surface area contributed by atoms with Crippen molar-refractivity contribution in [3.8, 4) is 17.2 Å². The minimum Gasteiger partial charge on any atom is -0.454 e. The van der Waals surface area contributed by atoms with E-state index in [1.807, 2.05) is 42.7 Å². The van der Waals surface area contributed by atoms with Crippen molar-refractivity contribution in [3.63, 3.8) is 0 Å². The van der Waals surface area contributed by atoms with E-state index in [0.717, 1.165) is 27.5 Å². The van der Waals surface area contributed by atoms with Gasteiger partial charge >= 0.3 is 6.03 Å². The summed E-state index contributed by atoms with van der Waals surface area (Å²) in [5.41, 5.74) is 4.46. The Kier molecular flexibility index (Phi) is 4.70. The molecule has 2 aliphatic rings. The van der Waals surface area contributed by atoms with Crippen LogP contribution in [0.25, 0.3) is 11.8 Å². The summed E-state index contributed by atoms with van der Waals surface area (Å²) in [5.74, 6) is 0.597. The van der Waals surface area contributed by atoms with Gasteiger partial charge in [0.25, 0.3) is 5.91 Å². The third kappa shape index (κ3) is 3.39. The van der Waals surface area contributed by atoms with E-state index in [9.17, 15) is 14.0 Å². The number of nitrogens with one attached hydrogen (secondary N) is 1. The molecule has 0 saturated carbocycles. The molecule has 0 radical (unpaired) electrons. The van der Waals surface area contributed by atoms with Gasteiger partial charge in [0, 0.05) is 23.1 Å². The van der Waals surface area contributed by atoms with Gasteiger partial charge in [-0.05, 0) is 61.4 Å². The van der Waals surface area contributed by atoms with Gasteiger partial charge in [0.2, 0.25) is 6.79 Å². The standard InChI is InChI=1S/C24H20FN3O4/c1-14-9-17(15(2)28(14)19-7-8-21-22(11-19)32-13-31-21)10-20-23(29)27(24(30)26-20)12-16-3-5-18(25)6-4-16/h3-11H,12-13H2,1-2H3,(H,26,30)/b20-10+. The summed E-state index contributed by atoms with van der Waals surface area (Å²) >= 11 is 0. The summed E-state index contributed by atoms with van der Waals surface area (Å²) in [6.07, 6.45) is 1.68. The lowest BCUT2D eigenvalue weighted by Crippen LogP contribution is -2.30. The molecule has 0 spiro atoms. The Hall–Kier alpha value is -4.07. The van der Waals surface area contributed by atoms with Crippen LogP contribution in [-0.4, -0.2) is 28.2 Å². The van der Waals surface area contributed by atoms with E-state index in [4.69, 9.17) is 9.47 Å². The summed E-state index contributed by atoms with van der Waals surface area (Å²) in [7, 11) is 0. The van der Waals surface area contributed by atoms with Crippen molar-refractivity contribution in [2.45, 2.75) is 20.4 Å². The number of aromatic nitrogens is 1. The fourth-order valence-corrected chi connectivity index (χ4v) is 4.00. The van der Waals surface area contributed by atoms with Gasteiger partial charge in [-0.25, -0.2) is 9.18 Å². The molecule has 0 unspecified atom stereocenters. The maximum atomic E-state index is 13.1. The number of ether oxygens (including phenoxy) is 2. The van der Waals surface area contributed by atoms with Crippen molar-refractivity contribution < 1.29 is 23.5 Å². The molecule has 3 amide bonds. The fourth-order valence-electron chi connectivity index (χ4n) is 4.00. The number of carbonyl (C=O) groups is 2. The number of fused-ring (bicyclic) bond motifs is 1. The van der Waals surface area contributed by atoms with Crippen LogP contribution in [0.15, 0.2) is 54.2 Å². The van der Waals surface area contributed by atoms with Crippen LogP contribution in [0.5, 0.6) is 11.5 Å². The number of hydrogen-bond acceptors (Lipinski definition) is 4. The van der Waals surface area contributed by atoms with Crippen molar-refractivity contribution in [1.82, 2.24) is 14.8 Å². The molecule has 1 aromatic heterocycles. The van der Waals surface area contributed by atoms with E-state index in [0.29, 0.717) is 17.1 Å². The number of amides is 3. The molecule has 8 heteroatoms. The van der Waals surface area contributed by atoms with E-state index in [2.05, 4.69) is 5.32 Å². The lowest BCUT2D eigenvalue weighted by Gasteiger charge is -2.11. The summed E-state index contributed by atoms with van der Waals surface area (Å²) in [5, 5.41) is 2.64. The predicted octanol–water partition coefficient (Wildman–Crippen LogP) is 4.05. The second-order valence-corrected chi connectivity index (χ2v) is 7.71. The number of halogens is 1. The van der Waals surface area contributed by atoms with Crippen LogP contribution >= 0.6 is 0 Å². The Morgan fingerprint density at radius 2 is 1.78 bits per heavy atom. The molecule has 3 aromatic rings. The minimum absolute atomic E-state index is 0.0680. The molecule has 0 aliphatic carbocycles. The summed E-state index contributed by atoms with van der Waals surface area (Å²) < 4.78 is 26.0. The van der Waals surface area contributed by atoms with Crippen LogP contribution < -0.4 is 14.8 Å². The number of benzene rings is 2. The molecular formula is C24H20FN3O4. The molecule has 5 rings (SSSR count). The molecule has 0 atom stereocenters. The second-order valence-electron chi connectivity index (χ2n) is 7.71. The molecule has 32 heavy (non-hydrogen) atoms. The molecule has 3 heterocycles. The van der Waals surface area contributed by atoms with Crippen LogP contribution in [0.3, 0.4) is 0 Å². The van der Waals surface area contributed by atoms with Gasteiger partial charge < -0.3 is 19.4 Å². The second kappa shape index (κ2) is 7.56. The first-order chi connectivity index (χ1) is 15.4. The van der Waals surface area contributed by atoms with E-state index in [-0.39, 0.29) is 24.9 Å². The molecular weight excluding hydrogens is 413 g/mol. The molecule has 1 saturated heterocycles. The predicted molar refractivity (Wildman–Crippen MR) is 115 cm³/mol. The van der Waals surface area contributed by atoms with E-state index in [1.165, 1.54) is 12.1 Å². The van der Waals surface area contributed by atoms with E-state index < -0.39 is 11.9 Å². The Morgan fingerprint density at radius 3 is 2.56 bits per heavy atom.